The molecule has 0 spiro atoms. The predicted molar refractivity (Wildman–Crippen MR) is 46.2 cm³/mol. The highest BCUT2D eigenvalue weighted by Crippen LogP contribution is 2.15. The summed E-state index contributed by atoms with van der Waals surface area (Å²) in [7, 11) is -3.22. The van der Waals surface area contributed by atoms with Gasteiger partial charge in [0.25, 0.3) is 0 Å². The Morgan fingerprint density at radius 3 is 2.33 bits per heavy atom. The molecule has 0 atom stereocenters. The van der Waals surface area contributed by atoms with E-state index in [9.17, 15) is 13.2 Å². The molecular formula is C8H8O3S. The van der Waals surface area contributed by atoms with E-state index in [1.165, 1.54) is 18.2 Å². The van der Waals surface area contributed by atoms with Gasteiger partial charge in [-0.3, -0.25) is 4.79 Å². The summed E-state index contributed by atoms with van der Waals surface area (Å²) >= 11 is 0. The highest BCUT2D eigenvalue weighted by molar-refractivity contribution is 7.94. The van der Waals surface area contributed by atoms with Gasteiger partial charge in [0.2, 0.25) is 0 Å². The van der Waals surface area contributed by atoms with Crippen molar-refractivity contribution in [3.8, 4) is 0 Å². The third-order valence-corrected chi connectivity index (χ3v) is 2.57. The number of sulfone groups is 1. The van der Waals surface area contributed by atoms with Crippen LogP contribution in [0.3, 0.4) is 0 Å². The quantitative estimate of drug-likeness (QED) is 0.561. The Balaban J connectivity index is 3.16. The maximum atomic E-state index is 11.0. The largest absolute Gasteiger partial charge is 0.289 e. The Kier molecular flexibility index (Phi) is 2.02. The van der Waals surface area contributed by atoms with Crippen molar-refractivity contribution < 1.29 is 13.2 Å². The standard InChI is InChI=1S/C8H8O3S/c1-6-5-7(12(2,10)11)3-4-8(6)9/h3-5H,1H2,2H3. The number of rotatable bonds is 1. The summed E-state index contributed by atoms with van der Waals surface area (Å²) in [5.74, 6) is -0.248. The van der Waals surface area contributed by atoms with Crippen molar-refractivity contribution >= 4 is 15.6 Å². The molecule has 0 aliphatic heterocycles. The lowest BCUT2D eigenvalue weighted by Crippen LogP contribution is -2.06. The molecule has 1 rings (SSSR count). The number of ketones is 1. The van der Waals surface area contributed by atoms with Crippen LogP contribution in [0.15, 0.2) is 35.3 Å². The van der Waals surface area contributed by atoms with E-state index in [-0.39, 0.29) is 16.3 Å². The molecule has 12 heavy (non-hydrogen) atoms. The van der Waals surface area contributed by atoms with Crippen LogP contribution in [0.1, 0.15) is 0 Å². The molecule has 0 amide bonds. The van der Waals surface area contributed by atoms with Gasteiger partial charge in [0.05, 0.1) is 4.91 Å². The summed E-state index contributed by atoms with van der Waals surface area (Å²) in [5.41, 5.74) is 0.206. The van der Waals surface area contributed by atoms with E-state index in [4.69, 9.17) is 0 Å². The summed E-state index contributed by atoms with van der Waals surface area (Å²) in [6, 6.07) is 0. The maximum absolute atomic E-state index is 11.0. The molecule has 0 aromatic heterocycles. The Morgan fingerprint density at radius 2 is 1.92 bits per heavy atom. The topological polar surface area (TPSA) is 51.2 Å². The van der Waals surface area contributed by atoms with Gasteiger partial charge in [0.1, 0.15) is 0 Å². The highest BCUT2D eigenvalue weighted by atomic mass is 32.2. The lowest BCUT2D eigenvalue weighted by molar-refractivity contribution is -0.111. The molecular weight excluding hydrogens is 176 g/mol. The fourth-order valence-corrected chi connectivity index (χ4v) is 1.46. The molecule has 0 radical (unpaired) electrons. The zero-order chi connectivity index (χ0) is 9.35. The van der Waals surface area contributed by atoms with E-state index in [1.807, 2.05) is 0 Å². The van der Waals surface area contributed by atoms with Crippen LogP contribution in [0.25, 0.3) is 0 Å². The minimum atomic E-state index is -3.22. The first-order valence-corrected chi connectivity index (χ1v) is 5.13. The molecule has 0 saturated heterocycles. The first kappa shape index (κ1) is 8.93. The Bertz CT molecular complexity index is 396. The number of allylic oxidation sites excluding steroid dienone is 4. The smallest absolute Gasteiger partial charge is 0.185 e. The van der Waals surface area contributed by atoms with Crippen LogP contribution >= 0.6 is 0 Å². The Morgan fingerprint density at radius 1 is 1.33 bits per heavy atom. The Labute approximate surface area is 71.0 Å². The summed E-state index contributed by atoms with van der Waals surface area (Å²) in [6.45, 7) is 3.42. The van der Waals surface area contributed by atoms with Crippen molar-refractivity contribution in [3.05, 3.63) is 35.3 Å². The van der Waals surface area contributed by atoms with Crippen LogP contribution in [-0.2, 0) is 14.6 Å². The number of carbonyl (C=O) groups excluding carboxylic acids is 1. The molecule has 0 heterocycles. The van der Waals surface area contributed by atoms with Gasteiger partial charge in [0, 0.05) is 11.8 Å². The van der Waals surface area contributed by atoms with E-state index in [0.717, 1.165) is 6.26 Å². The Hall–Kier alpha value is -1.16. The third kappa shape index (κ3) is 1.71. The fourth-order valence-electron chi connectivity index (χ4n) is 0.786. The maximum Gasteiger partial charge on any atom is 0.185 e. The van der Waals surface area contributed by atoms with Gasteiger partial charge in [-0.05, 0) is 18.2 Å². The average Bonchev–Trinajstić information content (AvgIpc) is 1.92. The first-order valence-electron chi connectivity index (χ1n) is 3.24. The van der Waals surface area contributed by atoms with Crippen molar-refractivity contribution in [2.45, 2.75) is 0 Å². The van der Waals surface area contributed by atoms with Gasteiger partial charge in [-0.2, -0.15) is 0 Å². The van der Waals surface area contributed by atoms with E-state index < -0.39 is 9.84 Å². The van der Waals surface area contributed by atoms with Crippen LogP contribution in [0.2, 0.25) is 0 Å². The molecule has 0 N–H and O–H groups in total. The highest BCUT2D eigenvalue weighted by Gasteiger charge is 2.14. The first-order chi connectivity index (χ1) is 5.41. The van der Waals surface area contributed by atoms with Crippen molar-refractivity contribution in [2.24, 2.45) is 0 Å². The molecule has 0 fully saturated rings. The normalized spacial score (nSPS) is 17.9. The molecule has 1 aliphatic carbocycles. The fraction of sp³-hybridized carbons (Fsp3) is 0.125. The van der Waals surface area contributed by atoms with Crippen LogP contribution in [-0.4, -0.2) is 20.5 Å². The molecule has 0 aromatic rings. The summed E-state index contributed by atoms with van der Waals surface area (Å²) in [4.78, 5) is 11.0. The number of carbonyl (C=O) groups is 1. The molecule has 1 aliphatic rings. The second kappa shape index (κ2) is 2.71. The van der Waals surface area contributed by atoms with E-state index in [1.54, 1.807) is 0 Å². The van der Waals surface area contributed by atoms with Crippen molar-refractivity contribution in [2.75, 3.05) is 6.26 Å². The zero-order valence-electron chi connectivity index (χ0n) is 6.57. The lowest BCUT2D eigenvalue weighted by Gasteiger charge is -2.04. The molecule has 0 bridgehead atoms. The average molecular weight is 184 g/mol. The van der Waals surface area contributed by atoms with Gasteiger partial charge in [-0.25, -0.2) is 8.42 Å². The molecule has 0 saturated carbocycles. The van der Waals surface area contributed by atoms with Crippen LogP contribution in [0, 0.1) is 0 Å². The van der Waals surface area contributed by atoms with E-state index in [0.29, 0.717) is 0 Å². The van der Waals surface area contributed by atoms with Crippen molar-refractivity contribution in [3.63, 3.8) is 0 Å². The summed E-state index contributed by atoms with van der Waals surface area (Å²) < 4.78 is 21.9. The monoisotopic (exact) mass is 184 g/mol. The van der Waals surface area contributed by atoms with Crippen LogP contribution < -0.4 is 0 Å². The second-order valence-electron chi connectivity index (χ2n) is 2.54. The molecule has 0 unspecified atom stereocenters. The molecule has 4 heteroatoms. The summed E-state index contributed by atoms with van der Waals surface area (Å²) in [5, 5.41) is 0. The summed E-state index contributed by atoms with van der Waals surface area (Å²) in [6.07, 6.45) is 4.86. The van der Waals surface area contributed by atoms with Gasteiger partial charge >= 0.3 is 0 Å². The minimum Gasteiger partial charge on any atom is -0.289 e. The van der Waals surface area contributed by atoms with Crippen LogP contribution in [0.5, 0.6) is 0 Å². The molecule has 3 nitrogen and oxygen atoms in total. The van der Waals surface area contributed by atoms with Crippen LogP contribution in [0.4, 0.5) is 0 Å². The van der Waals surface area contributed by atoms with Gasteiger partial charge < -0.3 is 0 Å². The minimum absolute atomic E-state index is 0.132. The van der Waals surface area contributed by atoms with Gasteiger partial charge in [0.15, 0.2) is 15.6 Å². The molecule has 0 aromatic carbocycles. The van der Waals surface area contributed by atoms with Crippen molar-refractivity contribution in [1.82, 2.24) is 0 Å². The second-order valence-corrected chi connectivity index (χ2v) is 4.56. The van der Waals surface area contributed by atoms with Gasteiger partial charge in [-0.15, -0.1) is 0 Å². The van der Waals surface area contributed by atoms with Gasteiger partial charge in [-0.1, -0.05) is 6.58 Å². The zero-order valence-corrected chi connectivity index (χ0v) is 7.39. The lowest BCUT2D eigenvalue weighted by atomic mass is 10.1. The predicted octanol–water partition coefficient (Wildman–Crippen LogP) is 0.610. The van der Waals surface area contributed by atoms with Crippen molar-refractivity contribution in [1.29, 1.82) is 0 Å². The number of hydrogen-bond donors (Lipinski definition) is 0. The molecule has 64 valence electrons. The van der Waals surface area contributed by atoms with E-state index in [2.05, 4.69) is 6.58 Å². The third-order valence-electron chi connectivity index (χ3n) is 1.46. The van der Waals surface area contributed by atoms with E-state index >= 15 is 0 Å². The number of hydrogen-bond acceptors (Lipinski definition) is 3. The SMILES string of the molecule is C=C1C=C(S(C)(=O)=O)C=CC1=O.